The van der Waals surface area contributed by atoms with E-state index < -0.39 is 6.10 Å². The molecule has 0 radical (unpaired) electrons. The van der Waals surface area contributed by atoms with Crippen molar-refractivity contribution in [3.63, 3.8) is 0 Å². The molecule has 0 bridgehead atoms. The second-order valence-corrected chi connectivity index (χ2v) is 6.41. The van der Waals surface area contributed by atoms with E-state index in [9.17, 15) is 4.79 Å². The lowest BCUT2D eigenvalue weighted by atomic mass is 10.1. The molecule has 0 amide bonds. The van der Waals surface area contributed by atoms with E-state index in [1.54, 1.807) is 0 Å². The highest BCUT2D eigenvalue weighted by atomic mass is 16.5. The number of esters is 1. The monoisotopic (exact) mass is 274 g/mol. The zero-order valence-electron chi connectivity index (χ0n) is 13.5. The number of ether oxygens (including phenoxy) is 1. The zero-order chi connectivity index (χ0) is 15.5. The van der Waals surface area contributed by atoms with E-state index in [0.29, 0.717) is 0 Å². The third-order valence-electron chi connectivity index (χ3n) is 4.00. The van der Waals surface area contributed by atoms with Gasteiger partial charge in [0.25, 0.3) is 0 Å². The van der Waals surface area contributed by atoms with Crippen molar-refractivity contribution >= 4 is 5.97 Å². The van der Waals surface area contributed by atoms with E-state index in [-0.39, 0.29) is 23.2 Å². The number of rotatable bonds is 5. The molecule has 0 unspecified atom stereocenters. The first-order valence-electron chi connectivity index (χ1n) is 7.24. The fraction of sp³-hybridized carbons (Fsp3) is 0.611. The molecular weight excluding hydrogens is 248 g/mol. The summed E-state index contributed by atoms with van der Waals surface area (Å²) in [5.74, 6) is 2.56. The van der Waals surface area contributed by atoms with Crippen LogP contribution in [0.4, 0.5) is 0 Å². The molecule has 0 N–H and O–H groups in total. The van der Waals surface area contributed by atoms with Crippen molar-refractivity contribution in [2.45, 2.75) is 54.1 Å². The SMILES string of the molecule is C#C[C@H](OC(=O)[C@@H]1[C@H](C=C(C)C)C1(C)C)/C(C)=C\CC. The number of hydrogen-bond donors (Lipinski definition) is 0. The summed E-state index contributed by atoms with van der Waals surface area (Å²) >= 11 is 0. The van der Waals surface area contributed by atoms with E-state index in [4.69, 9.17) is 11.2 Å². The molecule has 1 aliphatic rings. The molecule has 2 heteroatoms. The number of terminal acetylenes is 1. The number of hydrogen-bond acceptors (Lipinski definition) is 2. The van der Waals surface area contributed by atoms with Crippen LogP contribution in [0.3, 0.4) is 0 Å². The minimum Gasteiger partial charge on any atom is -0.444 e. The van der Waals surface area contributed by atoms with Crippen LogP contribution in [0.25, 0.3) is 0 Å². The maximum Gasteiger partial charge on any atom is 0.311 e. The van der Waals surface area contributed by atoms with Gasteiger partial charge in [-0.15, -0.1) is 6.42 Å². The highest BCUT2D eigenvalue weighted by Crippen LogP contribution is 2.59. The molecule has 3 atom stereocenters. The Morgan fingerprint density at radius 3 is 2.45 bits per heavy atom. The maximum atomic E-state index is 12.3. The van der Waals surface area contributed by atoms with Gasteiger partial charge in [-0.25, -0.2) is 0 Å². The van der Waals surface area contributed by atoms with Crippen LogP contribution in [0, 0.1) is 29.6 Å². The van der Waals surface area contributed by atoms with Gasteiger partial charge in [-0.3, -0.25) is 4.79 Å². The van der Waals surface area contributed by atoms with Gasteiger partial charge in [-0.05, 0) is 44.1 Å². The maximum absolute atomic E-state index is 12.3. The van der Waals surface area contributed by atoms with Gasteiger partial charge in [0.15, 0.2) is 6.10 Å². The summed E-state index contributed by atoms with van der Waals surface area (Å²) in [6.07, 6.45) is 9.99. The van der Waals surface area contributed by atoms with Crippen LogP contribution in [0.15, 0.2) is 23.3 Å². The van der Waals surface area contributed by atoms with Crippen LogP contribution in [0.5, 0.6) is 0 Å². The molecule has 0 saturated heterocycles. The normalized spacial score (nSPS) is 25.4. The number of allylic oxidation sites excluding steroid dienone is 3. The Balaban J connectivity index is 2.76. The van der Waals surface area contributed by atoms with Crippen molar-refractivity contribution in [1.29, 1.82) is 0 Å². The van der Waals surface area contributed by atoms with Crippen LogP contribution < -0.4 is 0 Å². The summed E-state index contributed by atoms with van der Waals surface area (Å²) in [5, 5.41) is 0. The quantitative estimate of drug-likeness (QED) is 0.428. The first-order valence-corrected chi connectivity index (χ1v) is 7.24. The third-order valence-corrected chi connectivity index (χ3v) is 4.00. The Hall–Kier alpha value is -1.49. The largest absolute Gasteiger partial charge is 0.444 e. The Morgan fingerprint density at radius 2 is 2.00 bits per heavy atom. The summed E-state index contributed by atoms with van der Waals surface area (Å²) in [4.78, 5) is 12.3. The summed E-state index contributed by atoms with van der Waals surface area (Å²) in [7, 11) is 0. The molecule has 0 spiro atoms. The van der Waals surface area contributed by atoms with Crippen molar-refractivity contribution < 1.29 is 9.53 Å². The van der Waals surface area contributed by atoms with Gasteiger partial charge in [-0.1, -0.05) is 44.4 Å². The van der Waals surface area contributed by atoms with Gasteiger partial charge in [0, 0.05) is 0 Å². The first-order chi connectivity index (χ1) is 9.25. The topological polar surface area (TPSA) is 26.3 Å². The molecule has 0 aromatic heterocycles. The molecule has 0 aromatic rings. The molecule has 0 aliphatic heterocycles. The van der Waals surface area contributed by atoms with Gasteiger partial charge < -0.3 is 4.74 Å². The van der Waals surface area contributed by atoms with E-state index >= 15 is 0 Å². The molecule has 2 nitrogen and oxygen atoms in total. The molecule has 1 rings (SSSR count). The fourth-order valence-corrected chi connectivity index (χ4v) is 2.67. The van der Waals surface area contributed by atoms with Gasteiger partial charge in [0.2, 0.25) is 0 Å². The molecule has 0 heterocycles. The molecule has 1 fully saturated rings. The van der Waals surface area contributed by atoms with Gasteiger partial charge in [-0.2, -0.15) is 0 Å². The van der Waals surface area contributed by atoms with E-state index in [0.717, 1.165) is 12.0 Å². The van der Waals surface area contributed by atoms with Crippen LogP contribution in [0.1, 0.15) is 48.0 Å². The Morgan fingerprint density at radius 1 is 1.40 bits per heavy atom. The molecule has 1 saturated carbocycles. The lowest BCUT2D eigenvalue weighted by Crippen LogP contribution is -2.20. The number of carbonyl (C=O) groups is 1. The lowest BCUT2D eigenvalue weighted by molar-refractivity contribution is -0.147. The van der Waals surface area contributed by atoms with Crippen LogP contribution in [0.2, 0.25) is 0 Å². The van der Waals surface area contributed by atoms with Crippen molar-refractivity contribution in [2.24, 2.45) is 17.3 Å². The van der Waals surface area contributed by atoms with E-state index in [1.165, 1.54) is 5.57 Å². The van der Waals surface area contributed by atoms with E-state index in [2.05, 4.69) is 39.7 Å². The highest BCUT2D eigenvalue weighted by Gasteiger charge is 2.61. The summed E-state index contributed by atoms with van der Waals surface area (Å²) in [6, 6.07) is 0. The van der Waals surface area contributed by atoms with Crippen molar-refractivity contribution in [3.05, 3.63) is 23.3 Å². The van der Waals surface area contributed by atoms with Crippen molar-refractivity contribution in [3.8, 4) is 12.3 Å². The second-order valence-electron chi connectivity index (χ2n) is 6.41. The zero-order valence-corrected chi connectivity index (χ0v) is 13.5. The molecule has 20 heavy (non-hydrogen) atoms. The standard InChI is InChI=1S/C18H26O2/c1-8-10-13(5)15(9-2)20-17(19)16-14(11-12(3)4)18(16,6)7/h2,10-11,14-16H,8H2,1,3-7H3/b13-10-/t14-,15-,16-/m0/s1. The fourth-order valence-electron chi connectivity index (χ4n) is 2.67. The van der Waals surface area contributed by atoms with Crippen molar-refractivity contribution in [1.82, 2.24) is 0 Å². The molecule has 0 aromatic carbocycles. The number of carbonyl (C=O) groups excluding carboxylic acids is 1. The van der Waals surface area contributed by atoms with Crippen LogP contribution in [-0.2, 0) is 9.53 Å². The third kappa shape index (κ3) is 3.54. The molecule has 110 valence electrons. The summed E-state index contributed by atoms with van der Waals surface area (Å²) in [6.45, 7) is 12.2. The van der Waals surface area contributed by atoms with Crippen LogP contribution >= 0.6 is 0 Å². The van der Waals surface area contributed by atoms with Gasteiger partial charge in [0.1, 0.15) is 0 Å². The minimum absolute atomic E-state index is 0.0319. The smallest absolute Gasteiger partial charge is 0.311 e. The van der Waals surface area contributed by atoms with Gasteiger partial charge in [0.05, 0.1) is 5.92 Å². The van der Waals surface area contributed by atoms with Crippen molar-refractivity contribution in [2.75, 3.05) is 0 Å². The second kappa shape index (κ2) is 6.31. The minimum atomic E-state index is -0.536. The predicted molar refractivity (Wildman–Crippen MR) is 83.0 cm³/mol. The summed E-state index contributed by atoms with van der Waals surface area (Å²) < 4.78 is 5.51. The molecule has 1 aliphatic carbocycles. The highest BCUT2D eigenvalue weighted by molar-refractivity contribution is 5.79. The van der Waals surface area contributed by atoms with Crippen LogP contribution in [-0.4, -0.2) is 12.1 Å². The Bertz CT molecular complexity index is 470. The summed E-state index contributed by atoms with van der Waals surface area (Å²) in [5.41, 5.74) is 2.13. The average Bonchev–Trinajstić information content (AvgIpc) is 2.86. The predicted octanol–water partition coefficient (Wildman–Crippen LogP) is 4.13. The Labute approximate surface area is 123 Å². The van der Waals surface area contributed by atoms with E-state index in [1.807, 2.05) is 19.9 Å². The first kappa shape index (κ1) is 16.6. The average molecular weight is 274 g/mol. The van der Waals surface area contributed by atoms with Gasteiger partial charge >= 0.3 is 5.97 Å². The Kier molecular flexibility index (Phi) is 5.22. The lowest BCUT2D eigenvalue weighted by Gasteiger charge is -2.13. The molecular formula is C18H26O2.